The van der Waals surface area contributed by atoms with Gasteiger partial charge in [-0.15, -0.1) is 0 Å². The van der Waals surface area contributed by atoms with E-state index in [0.717, 1.165) is 12.1 Å². The van der Waals surface area contributed by atoms with Gasteiger partial charge >= 0.3 is 0 Å². The predicted molar refractivity (Wildman–Crippen MR) is 74.4 cm³/mol. The zero-order chi connectivity index (χ0) is 13.2. The fraction of sp³-hybridized carbons (Fsp3) is 0.385. The summed E-state index contributed by atoms with van der Waals surface area (Å²) in [6, 6.07) is 8.16. The van der Waals surface area contributed by atoms with Crippen molar-refractivity contribution in [2.45, 2.75) is 13.1 Å². The van der Waals surface area contributed by atoms with E-state index in [9.17, 15) is 8.42 Å². The van der Waals surface area contributed by atoms with Crippen molar-refractivity contribution in [3.05, 3.63) is 36.0 Å². The maximum absolute atomic E-state index is 11.2. The highest BCUT2D eigenvalue weighted by molar-refractivity contribution is 7.90. The molecule has 1 heterocycles. The van der Waals surface area contributed by atoms with Crippen LogP contribution in [0.25, 0.3) is 10.9 Å². The predicted octanol–water partition coefficient (Wildman–Crippen LogP) is 1.41. The van der Waals surface area contributed by atoms with Crippen molar-refractivity contribution >= 4 is 20.7 Å². The maximum Gasteiger partial charge on any atom is 0.149 e. The lowest BCUT2D eigenvalue weighted by Crippen LogP contribution is -2.10. The Hall–Kier alpha value is -1.33. The van der Waals surface area contributed by atoms with Crippen LogP contribution in [-0.2, 0) is 22.9 Å². The Bertz CT molecular complexity index is 644. The van der Waals surface area contributed by atoms with Crippen molar-refractivity contribution in [1.82, 2.24) is 9.88 Å². The molecule has 0 fully saturated rings. The zero-order valence-corrected chi connectivity index (χ0v) is 11.5. The molecule has 4 nitrogen and oxygen atoms in total. The van der Waals surface area contributed by atoms with Crippen LogP contribution >= 0.6 is 0 Å². The summed E-state index contributed by atoms with van der Waals surface area (Å²) in [6.07, 6.45) is 3.22. The van der Waals surface area contributed by atoms with Crippen LogP contribution in [-0.4, -0.2) is 32.0 Å². The molecule has 5 heteroatoms. The van der Waals surface area contributed by atoms with E-state index in [4.69, 9.17) is 0 Å². The Balaban J connectivity index is 2.33. The van der Waals surface area contributed by atoms with Crippen LogP contribution in [0.15, 0.2) is 30.5 Å². The minimum absolute atomic E-state index is 0.174. The van der Waals surface area contributed by atoms with Crippen LogP contribution in [0.2, 0.25) is 0 Å². The molecule has 1 N–H and O–H groups in total. The number of benzene rings is 1. The molecule has 0 unspecified atom stereocenters. The number of sulfone groups is 1. The number of nitrogens with zero attached hydrogens (tertiary/aromatic N) is 1. The topological polar surface area (TPSA) is 51.1 Å². The number of nitrogens with one attached hydrogen (secondary N) is 1. The molecule has 98 valence electrons. The van der Waals surface area contributed by atoms with E-state index in [1.54, 1.807) is 0 Å². The lowest BCUT2D eigenvalue weighted by Gasteiger charge is -2.06. The normalized spacial score (nSPS) is 12.1. The molecule has 0 aliphatic carbocycles. The quantitative estimate of drug-likeness (QED) is 0.890. The van der Waals surface area contributed by atoms with Gasteiger partial charge in [-0.25, -0.2) is 8.42 Å². The van der Waals surface area contributed by atoms with E-state index in [2.05, 4.69) is 11.4 Å². The first-order valence-electron chi connectivity index (χ1n) is 5.90. The van der Waals surface area contributed by atoms with Gasteiger partial charge in [0.2, 0.25) is 0 Å². The zero-order valence-electron chi connectivity index (χ0n) is 10.7. The highest BCUT2D eigenvalue weighted by atomic mass is 32.2. The van der Waals surface area contributed by atoms with Gasteiger partial charge < -0.3 is 9.88 Å². The smallest absolute Gasteiger partial charge is 0.149 e. The molecule has 0 amide bonds. The Morgan fingerprint density at radius 1 is 1.28 bits per heavy atom. The summed E-state index contributed by atoms with van der Waals surface area (Å²) in [4.78, 5) is 0. The van der Waals surface area contributed by atoms with Gasteiger partial charge in [0.1, 0.15) is 9.84 Å². The molecule has 1 aromatic heterocycles. The summed E-state index contributed by atoms with van der Waals surface area (Å²) in [5.74, 6) is 0.174. The van der Waals surface area contributed by atoms with Crippen LogP contribution in [0, 0.1) is 0 Å². The van der Waals surface area contributed by atoms with Crippen LogP contribution in [0.1, 0.15) is 5.56 Å². The number of aryl methyl sites for hydroxylation is 1. The highest BCUT2D eigenvalue weighted by Gasteiger charge is 2.07. The van der Waals surface area contributed by atoms with E-state index < -0.39 is 9.84 Å². The fourth-order valence-electron chi connectivity index (χ4n) is 2.09. The molecule has 1 aromatic carbocycles. The fourth-order valence-corrected chi connectivity index (χ4v) is 2.62. The molecule has 0 saturated carbocycles. The molecule has 0 bridgehead atoms. The van der Waals surface area contributed by atoms with Crippen molar-refractivity contribution < 1.29 is 8.42 Å². The minimum atomic E-state index is -2.92. The van der Waals surface area contributed by atoms with Crippen LogP contribution in [0.3, 0.4) is 0 Å². The maximum atomic E-state index is 11.2. The number of hydrogen-bond donors (Lipinski definition) is 1. The van der Waals surface area contributed by atoms with E-state index in [1.165, 1.54) is 17.2 Å². The van der Waals surface area contributed by atoms with Crippen molar-refractivity contribution in [2.75, 3.05) is 19.1 Å². The number of hydrogen-bond acceptors (Lipinski definition) is 3. The van der Waals surface area contributed by atoms with Crippen molar-refractivity contribution in [3.8, 4) is 0 Å². The van der Waals surface area contributed by atoms with Gasteiger partial charge in [-0.3, -0.25) is 0 Å². The van der Waals surface area contributed by atoms with Crippen molar-refractivity contribution in [3.63, 3.8) is 0 Å². The van der Waals surface area contributed by atoms with Crippen LogP contribution in [0.5, 0.6) is 0 Å². The average molecular weight is 266 g/mol. The lowest BCUT2D eigenvalue weighted by molar-refractivity contribution is 0.596. The largest absolute Gasteiger partial charge is 0.346 e. The molecule has 2 aromatic rings. The second-order valence-electron chi connectivity index (χ2n) is 4.52. The van der Waals surface area contributed by atoms with Crippen LogP contribution in [0.4, 0.5) is 0 Å². The second-order valence-corrected chi connectivity index (χ2v) is 6.78. The van der Waals surface area contributed by atoms with Gasteiger partial charge in [0, 0.05) is 36.4 Å². The molecule has 0 aliphatic rings. The van der Waals surface area contributed by atoms with E-state index >= 15 is 0 Å². The third-order valence-corrected chi connectivity index (χ3v) is 3.90. The Kier molecular flexibility index (Phi) is 3.73. The summed E-state index contributed by atoms with van der Waals surface area (Å²) in [5, 5.41) is 4.32. The first-order valence-corrected chi connectivity index (χ1v) is 7.96. The molecular formula is C13H18N2O2S. The first-order chi connectivity index (χ1) is 8.51. The summed E-state index contributed by atoms with van der Waals surface area (Å²) in [5.41, 5.74) is 2.32. The monoisotopic (exact) mass is 266 g/mol. The first kappa shape index (κ1) is 13.1. The van der Waals surface area contributed by atoms with Crippen molar-refractivity contribution in [2.24, 2.45) is 0 Å². The summed E-state index contributed by atoms with van der Waals surface area (Å²) in [6.45, 7) is 1.32. The van der Waals surface area contributed by atoms with Gasteiger partial charge in [-0.2, -0.15) is 0 Å². The number of fused-ring (bicyclic) bond motifs is 1. The SMILES string of the molecule is CNCc1cccc2c1ccn2CCS(C)(=O)=O. The highest BCUT2D eigenvalue weighted by Crippen LogP contribution is 2.20. The molecular weight excluding hydrogens is 248 g/mol. The van der Waals surface area contributed by atoms with E-state index in [-0.39, 0.29) is 5.75 Å². The number of aromatic nitrogens is 1. The third kappa shape index (κ3) is 2.91. The summed E-state index contributed by atoms with van der Waals surface area (Å²) in [7, 11) is -1.01. The third-order valence-electron chi connectivity index (χ3n) is 2.97. The minimum Gasteiger partial charge on any atom is -0.346 e. The Morgan fingerprint density at radius 2 is 2.06 bits per heavy atom. The molecule has 0 saturated heterocycles. The second kappa shape index (κ2) is 5.12. The Labute approximate surface area is 108 Å². The molecule has 0 radical (unpaired) electrons. The van der Waals surface area contributed by atoms with Gasteiger partial charge in [0.05, 0.1) is 5.75 Å². The van der Waals surface area contributed by atoms with Crippen LogP contribution < -0.4 is 5.32 Å². The molecule has 2 rings (SSSR count). The van der Waals surface area contributed by atoms with Gasteiger partial charge in [-0.1, -0.05) is 12.1 Å². The molecule has 0 atom stereocenters. The molecule has 0 spiro atoms. The Morgan fingerprint density at radius 3 is 2.72 bits per heavy atom. The molecule has 0 aliphatic heterocycles. The van der Waals surface area contributed by atoms with Crippen molar-refractivity contribution in [1.29, 1.82) is 0 Å². The van der Waals surface area contributed by atoms with E-state index in [1.807, 2.05) is 36.0 Å². The van der Waals surface area contributed by atoms with Gasteiger partial charge in [0.15, 0.2) is 0 Å². The molecule has 18 heavy (non-hydrogen) atoms. The summed E-state index contributed by atoms with van der Waals surface area (Å²) >= 11 is 0. The summed E-state index contributed by atoms with van der Waals surface area (Å²) < 4.78 is 24.4. The standard InChI is InChI=1S/C13H18N2O2S/c1-14-10-11-4-3-5-13-12(11)6-7-15(13)8-9-18(2,16)17/h3-7,14H,8-10H2,1-2H3. The van der Waals surface area contributed by atoms with Gasteiger partial charge in [-0.05, 0) is 24.7 Å². The average Bonchev–Trinajstić information content (AvgIpc) is 2.70. The number of rotatable bonds is 5. The van der Waals surface area contributed by atoms with E-state index in [0.29, 0.717) is 6.54 Å². The van der Waals surface area contributed by atoms with Gasteiger partial charge in [0.25, 0.3) is 0 Å². The lowest BCUT2D eigenvalue weighted by atomic mass is 10.1.